The molecule has 0 radical (unpaired) electrons. The van der Waals surface area contributed by atoms with Crippen molar-refractivity contribution in [1.82, 2.24) is 24.6 Å². The molecule has 0 bridgehead atoms. The molecule has 41 heavy (non-hydrogen) atoms. The highest BCUT2D eigenvalue weighted by atomic mass is 28.3. The maximum absolute atomic E-state index is 14.5. The number of carbonyl (C=O) groups is 1. The molecular weight excluding hydrogens is 537 g/mol. The summed E-state index contributed by atoms with van der Waals surface area (Å²) in [5.74, 6) is 0.114. The average molecular weight is 576 g/mol. The van der Waals surface area contributed by atoms with E-state index in [-0.39, 0.29) is 17.6 Å². The van der Waals surface area contributed by atoms with Gasteiger partial charge in [0, 0.05) is 26.0 Å². The van der Waals surface area contributed by atoms with Gasteiger partial charge in [0.05, 0.1) is 30.0 Å². The Morgan fingerprint density at radius 2 is 1.98 bits per heavy atom. The topological polar surface area (TPSA) is 96.3 Å². The smallest absolute Gasteiger partial charge is 0.226 e. The fraction of sp³-hybridized carbons (Fsp3) is 0.452. The maximum Gasteiger partial charge on any atom is 0.226 e. The van der Waals surface area contributed by atoms with Crippen molar-refractivity contribution < 1.29 is 19.0 Å². The molecule has 6 rings (SSSR count). The molecule has 2 aromatic heterocycles. The number of aromatic amines is 1. The number of phenolic OH excluding ortho intramolecular Hbond substituents is 1. The first kappa shape index (κ1) is 27.7. The van der Waals surface area contributed by atoms with Crippen LogP contribution in [0.3, 0.4) is 0 Å². The molecule has 2 N–H and O–H groups in total. The number of aryl methyl sites for hydroxylation is 2. The van der Waals surface area contributed by atoms with Crippen LogP contribution in [0.5, 0.6) is 5.75 Å². The number of benzene rings is 2. The lowest BCUT2D eigenvalue weighted by atomic mass is 9.94. The van der Waals surface area contributed by atoms with Gasteiger partial charge in [-0.15, -0.1) is 0 Å². The molecule has 10 heteroatoms. The largest absolute Gasteiger partial charge is 0.505 e. The van der Waals surface area contributed by atoms with E-state index in [0.29, 0.717) is 38.7 Å². The fourth-order valence-corrected chi connectivity index (χ4v) is 6.37. The summed E-state index contributed by atoms with van der Waals surface area (Å²) >= 11 is 0. The number of amides is 1. The number of fused-ring (bicyclic) bond motifs is 2. The summed E-state index contributed by atoms with van der Waals surface area (Å²) in [6.45, 7) is 13.0. The first-order chi connectivity index (χ1) is 19.5. The molecule has 1 fully saturated rings. The van der Waals surface area contributed by atoms with E-state index >= 15 is 0 Å². The van der Waals surface area contributed by atoms with Gasteiger partial charge in [-0.05, 0) is 72.7 Å². The SMILES string of the molecule is CCc1cc(O)c(F)cc1-c1cc(C)c2c(-c3nc4c([nH]3)CN(C(=O)C3CC3)C4)nn(COCC[Si](C)(C)C)c2c1. The summed E-state index contributed by atoms with van der Waals surface area (Å²) in [5, 5.41) is 15.9. The Morgan fingerprint density at radius 3 is 2.66 bits per heavy atom. The molecule has 216 valence electrons. The van der Waals surface area contributed by atoms with Crippen molar-refractivity contribution in [3.8, 4) is 28.4 Å². The van der Waals surface area contributed by atoms with Crippen LogP contribution in [0.1, 0.15) is 42.3 Å². The molecule has 8 nitrogen and oxygen atoms in total. The number of rotatable bonds is 9. The number of imidazole rings is 1. The van der Waals surface area contributed by atoms with Crippen LogP contribution < -0.4 is 0 Å². The number of H-pyrrole nitrogens is 1. The summed E-state index contributed by atoms with van der Waals surface area (Å²) in [7, 11) is -1.25. The average Bonchev–Trinajstić information content (AvgIpc) is 3.42. The summed E-state index contributed by atoms with van der Waals surface area (Å²) < 4.78 is 22.5. The number of nitrogens with one attached hydrogen (secondary N) is 1. The van der Waals surface area contributed by atoms with Gasteiger partial charge in [-0.2, -0.15) is 5.10 Å². The van der Waals surface area contributed by atoms with Crippen LogP contribution in [-0.2, 0) is 35.8 Å². The van der Waals surface area contributed by atoms with Crippen LogP contribution in [0, 0.1) is 18.7 Å². The van der Waals surface area contributed by atoms with Crippen LogP contribution in [0.25, 0.3) is 33.5 Å². The number of hydrogen-bond donors (Lipinski definition) is 2. The van der Waals surface area contributed by atoms with E-state index in [1.54, 1.807) is 0 Å². The molecule has 4 aromatic rings. The summed E-state index contributed by atoms with van der Waals surface area (Å²) in [6, 6.07) is 8.04. The Kier molecular flexibility index (Phi) is 7.02. The summed E-state index contributed by atoms with van der Waals surface area (Å²) in [5.41, 5.74) is 6.93. The van der Waals surface area contributed by atoms with Gasteiger partial charge in [-0.3, -0.25) is 4.79 Å². The zero-order valence-electron chi connectivity index (χ0n) is 24.5. The van der Waals surface area contributed by atoms with Crippen molar-refractivity contribution in [2.24, 2.45) is 5.92 Å². The van der Waals surface area contributed by atoms with Gasteiger partial charge >= 0.3 is 0 Å². The highest BCUT2D eigenvalue weighted by molar-refractivity contribution is 6.76. The van der Waals surface area contributed by atoms with E-state index in [9.17, 15) is 14.3 Å². The molecule has 0 spiro atoms. The minimum atomic E-state index is -1.25. The molecule has 2 aliphatic rings. The van der Waals surface area contributed by atoms with Crippen LogP contribution in [0.15, 0.2) is 24.3 Å². The van der Waals surface area contributed by atoms with Crippen molar-refractivity contribution in [2.75, 3.05) is 6.61 Å². The van der Waals surface area contributed by atoms with E-state index in [1.807, 2.05) is 35.6 Å². The minimum Gasteiger partial charge on any atom is -0.505 e. The fourth-order valence-electron chi connectivity index (χ4n) is 5.61. The third-order valence-electron chi connectivity index (χ3n) is 8.14. The van der Waals surface area contributed by atoms with E-state index < -0.39 is 13.9 Å². The van der Waals surface area contributed by atoms with E-state index in [1.165, 1.54) is 12.1 Å². The molecule has 1 aliphatic heterocycles. The Bertz CT molecular complexity index is 1630. The lowest BCUT2D eigenvalue weighted by molar-refractivity contribution is -0.133. The molecule has 0 unspecified atom stereocenters. The minimum absolute atomic E-state index is 0.186. The number of nitrogens with zero attached hydrogens (tertiary/aromatic N) is 4. The summed E-state index contributed by atoms with van der Waals surface area (Å²) in [4.78, 5) is 22.8. The van der Waals surface area contributed by atoms with Crippen molar-refractivity contribution in [3.05, 3.63) is 52.6 Å². The normalized spacial score (nSPS) is 15.2. The zero-order valence-corrected chi connectivity index (χ0v) is 25.5. The number of carbonyl (C=O) groups excluding carboxylic acids is 1. The number of hydrogen-bond acceptors (Lipinski definition) is 5. The van der Waals surface area contributed by atoms with Gasteiger partial charge in [0.2, 0.25) is 5.91 Å². The van der Waals surface area contributed by atoms with Gasteiger partial charge in [-0.1, -0.05) is 32.6 Å². The zero-order chi connectivity index (χ0) is 29.1. The Morgan fingerprint density at radius 1 is 1.20 bits per heavy atom. The van der Waals surface area contributed by atoms with Crippen molar-refractivity contribution >= 4 is 24.9 Å². The third-order valence-corrected chi connectivity index (χ3v) is 9.85. The quantitative estimate of drug-likeness (QED) is 0.179. The molecule has 1 aliphatic carbocycles. The molecule has 1 saturated carbocycles. The predicted molar refractivity (Wildman–Crippen MR) is 160 cm³/mol. The van der Waals surface area contributed by atoms with Crippen molar-refractivity contribution in [1.29, 1.82) is 0 Å². The van der Waals surface area contributed by atoms with Gasteiger partial charge in [0.25, 0.3) is 0 Å². The summed E-state index contributed by atoms with van der Waals surface area (Å²) in [6.07, 6.45) is 2.63. The number of halogens is 1. The first-order valence-electron chi connectivity index (χ1n) is 14.5. The maximum atomic E-state index is 14.5. The number of phenols is 1. The van der Waals surface area contributed by atoms with Crippen molar-refractivity contribution in [3.63, 3.8) is 0 Å². The molecular formula is C31H38FN5O3Si. The van der Waals surface area contributed by atoms with E-state index in [2.05, 4.69) is 24.6 Å². The van der Waals surface area contributed by atoms with Crippen LogP contribution >= 0.6 is 0 Å². The van der Waals surface area contributed by atoms with Crippen LogP contribution in [0.2, 0.25) is 25.7 Å². The first-order valence-corrected chi connectivity index (χ1v) is 18.2. The van der Waals surface area contributed by atoms with Gasteiger partial charge < -0.3 is 19.7 Å². The highest BCUT2D eigenvalue weighted by Crippen LogP contribution is 2.38. The number of aromatic hydroxyl groups is 1. The number of aromatic nitrogens is 4. The predicted octanol–water partition coefficient (Wildman–Crippen LogP) is 6.37. The highest BCUT2D eigenvalue weighted by Gasteiger charge is 2.37. The van der Waals surface area contributed by atoms with E-state index in [0.717, 1.165) is 69.1 Å². The molecule has 0 atom stereocenters. The second kappa shape index (κ2) is 10.4. The molecule has 3 heterocycles. The Balaban J connectivity index is 1.39. The molecule has 0 saturated heterocycles. The monoisotopic (exact) mass is 575 g/mol. The molecule has 2 aromatic carbocycles. The Labute approximate surface area is 240 Å². The van der Waals surface area contributed by atoms with E-state index in [4.69, 9.17) is 14.8 Å². The lowest BCUT2D eigenvalue weighted by Crippen LogP contribution is -2.27. The van der Waals surface area contributed by atoms with Crippen LogP contribution in [0.4, 0.5) is 4.39 Å². The van der Waals surface area contributed by atoms with Gasteiger partial charge in [0.1, 0.15) is 12.4 Å². The van der Waals surface area contributed by atoms with Crippen molar-refractivity contribution in [2.45, 2.75) is 78.6 Å². The standard InChI is InChI=1S/C31H38FN5O3Si/c1-6-19-13-27(38)23(32)14-22(19)21-11-18(2)28-26(12-21)37(17-40-9-10-41(3,4)5)35-29(28)30-33-24-15-36(16-25(24)34-30)31(39)20-7-8-20/h11-14,20,38H,6-10,15-17H2,1-5H3,(H,33,34). The van der Waals surface area contributed by atoms with Gasteiger partial charge in [0.15, 0.2) is 17.4 Å². The number of ether oxygens (including phenoxy) is 1. The second-order valence-corrected chi connectivity index (χ2v) is 18.3. The third kappa shape index (κ3) is 5.42. The molecule has 1 amide bonds. The van der Waals surface area contributed by atoms with Gasteiger partial charge in [-0.25, -0.2) is 14.1 Å². The Hall–Kier alpha value is -3.50. The van der Waals surface area contributed by atoms with Crippen LogP contribution in [-0.4, -0.2) is 50.3 Å². The lowest BCUT2D eigenvalue weighted by Gasteiger charge is -2.15. The second-order valence-electron chi connectivity index (χ2n) is 12.7.